The topological polar surface area (TPSA) is 64.0 Å². The van der Waals surface area contributed by atoms with Crippen molar-refractivity contribution in [2.45, 2.75) is 39.9 Å². The second-order valence-corrected chi connectivity index (χ2v) is 7.40. The van der Waals surface area contributed by atoms with Gasteiger partial charge in [0.15, 0.2) is 5.90 Å². The standard InChI is InChI=1S/C24H28F3N3O3/c1-7-30(16(3)14-32-21-12-11-19(13-29-21)24(25,26)27)23(31)20-10-8-9-15(2)22(20)17(4)33-18(5)28-6/h8-13,16H,4,7,14H2,1-3,5-6H3/t16-/m0/s1. The summed E-state index contributed by atoms with van der Waals surface area (Å²) in [6.45, 7) is 11.6. The van der Waals surface area contributed by atoms with E-state index in [1.54, 1.807) is 37.9 Å². The van der Waals surface area contributed by atoms with Crippen molar-refractivity contribution < 1.29 is 27.4 Å². The lowest BCUT2D eigenvalue weighted by atomic mass is 9.99. The summed E-state index contributed by atoms with van der Waals surface area (Å²) in [7, 11) is 1.60. The lowest BCUT2D eigenvalue weighted by Gasteiger charge is -2.29. The summed E-state index contributed by atoms with van der Waals surface area (Å²) >= 11 is 0. The Morgan fingerprint density at radius 1 is 1.27 bits per heavy atom. The Morgan fingerprint density at radius 3 is 2.52 bits per heavy atom. The molecule has 2 rings (SSSR count). The molecule has 1 aromatic carbocycles. The fourth-order valence-electron chi connectivity index (χ4n) is 3.23. The molecule has 6 nitrogen and oxygen atoms in total. The van der Waals surface area contributed by atoms with E-state index < -0.39 is 11.7 Å². The first kappa shape index (κ1) is 25.9. The van der Waals surface area contributed by atoms with Gasteiger partial charge in [-0.2, -0.15) is 13.2 Å². The van der Waals surface area contributed by atoms with Gasteiger partial charge in [0.1, 0.15) is 12.4 Å². The number of pyridine rings is 1. The van der Waals surface area contributed by atoms with Gasteiger partial charge in [-0.1, -0.05) is 18.7 Å². The molecule has 0 fully saturated rings. The highest BCUT2D eigenvalue weighted by Gasteiger charge is 2.31. The Kier molecular flexibility index (Phi) is 8.62. The van der Waals surface area contributed by atoms with Gasteiger partial charge < -0.3 is 14.4 Å². The number of likely N-dealkylation sites (N-methyl/N-ethyl adjacent to an activating group) is 1. The number of rotatable bonds is 8. The molecule has 0 saturated carbocycles. The number of aromatic nitrogens is 1. The van der Waals surface area contributed by atoms with Crippen molar-refractivity contribution in [1.82, 2.24) is 9.88 Å². The molecule has 0 unspecified atom stereocenters. The van der Waals surface area contributed by atoms with Crippen LogP contribution in [0.15, 0.2) is 48.1 Å². The predicted octanol–water partition coefficient (Wildman–Crippen LogP) is 5.37. The third kappa shape index (κ3) is 6.57. The summed E-state index contributed by atoms with van der Waals surface area (Å²) in [5, 5.41) is 0. The molecule has 0 N–H and O–H groups in total. The monoisotopic (exact) mass is 463 g/mol. The third-order valence-corrected chi connectivity index (χ3v) is 5.04. The molecule has 1 heterocycles. The molecule has 9 heteroatoms. The van der Waals surface area contributed by atoms with E-state index in [-0.39, 0.29) is 24.4 Å². The molecular weight excluding hydrogens is 435 g/mol. The van der Waals surface area contributed by atoms with Crippen molar-refractivity contribution in [3.05, 3.63) is 65.4 Å². The van der Waals surface area contributed by atoms with Crippen LogP contribution in [0.5, 0.6) is 5.88 Å². The van der Waals surface area contributed by atoms with E-state index in [1.807, 2.05) is 19.9 Å². The molecule has 0 aliphatic rings. The normalized spacial score (nSPS) is 12.8. The molecule has 178 valence electrons. The van der Waals surface area contributed by atoms with Crippen LogP contribution in [-0.4, -0.2) is 47.9 Å². The zero-order valence-corrected chi connectivity index (χ0v) is 19.4. The van der Waals surface area contributed by atoms with E-state index in [0.29, 0.717) is 29.3 Å². The molecule has 0 aliphatic carbocycles. The number of halogens is 3. The van der Waals surface area contributed by atoms with E-state index in [9.17, 15) is 18.0 Å². The highest BCUT2D eigenvalue weighted by Crippen LogP contribution is 2.29. The first-order valence-electron chi connectivity index (χ1n) is 10.4. The zero-order chi connectivity index (χ0) is 24.8. The first-order valence-corrected chi connectivity index (χ1v) is 10.4. The van der Waals surface area contributed by atoms with Crippen LogP contribution in [0.25, 0.3) is 5.76 Å². The van der Waals surface area contributed by atoms with Crippen molar-refractivity contribution in [3.63, 3.8) is 0 Å². The minimum Gasteiger partial charge on any atom is -0.475 e. The van der Waals surface area contributed by atoms with Crippen LogP contribution in [0.1, 0.15) is 47.8 Å². The van der Waals surface area contributed by atoms with Crippen LogP contribution in [0, 0.1) is 6.92 Å². The Morgan fingerprint density at radius 2 is 1.97 bits per heavy atom. The number of aliphatic imine (C=N–C) groups is 1. The Labute approximate surface area is 191 Å². The largest absolute Gasteiger partial charge is 0.475 e. The number of hydrogen-bond donors (Lipinski definition) is 0. The van der Waals surface area contributed by atoms with Crippen LogP contribution < -0.4 is 4.74 Å². The van der Waals surface area contributed by atoms with Gasteiger partial charge in [0.25, 0.3) is 5.91 Å². The Bertz CT molecular complexity index is 1020. The summed E-state index contributed by atoms with van der Waals surface area (Å²) in [6.07, 6.45) is -3.75. The van der Waals surface area contributed by atoms with E-state index >= 15 is 0 Å². The number of ether oxygens (including phenoxy) is 2. The third-order valence-electron chi connectivity index (χ3n) is 5.04. The summed E-state index contributed by atoms with van der Waals surface area (Å²) in [6, 6.07) is 7.02. The fourth-order valence-corrected chi connectivity index (χ4v) is 3.23. The Balaban J connectivity index is 2.19. The number of amides is 1. The number of carbonyl (C=O) groups is 1. The molecule has 33 heavy (non-hydrogen) atoms. The number of hydrogen-bond acceptors (Lipinski definition) is 5. The number of aryl methyl sites for hydroxylation is 1. The SMILES string of the molecule is C=C(OC(C)=NC)c1c(C)cccc1C(=O)N(CC)[C@@H](C)COc1ccc(C(F)(F)F)cn1. The van der Waals surface area contributed by atoms with Gasteiger partial charge in [-0.05, 0) is 38.5 Å². The van der Waals surface area contributed by atoms with Crippen LogP contribution >= 0.6 is 0 Å². The molecule has 1 aromatic heterocycles. The molecule has 0 bridgehead atoms. The van der Waals surface area contributed by atoms with Crippen LogP contribution in [0.4, 0.5) is 13.2 Å². The summed E-state index contributed by atoms with van der Waals surface area (Å²) in [5.41, 5.74) is 0.974. The number of benzene rings is 1. The van der Waals surface area contributed by atoms with Crippen molar-refractivity contribution in [2.24, 2.45) is 4.99 Å². The maximum atomic E-state index is 13.4. The lowest BCUT2D eigenvalue weighted by Crippen LogP contribution is -2.42. The van der Waals surface area contributed by atoms with Gasteiger partial charge in [-0.25, -0.2) is 4.98 Å². The molecule has 1 amide bonds. The van der Waals surface area contributed by atoms with Crippen molar-refractivity contribution in [2.75, 3.05) is 20.2 Å². The Hall–Kier alpha value is -3.36. The average molecular weight is 464 g/mol. The van der Waals surface area contributed by atoms with Crippen molar-refractivity contribution in [1.29, 1.82) is 0 Å². The molecule has 0 radical (unpaired) electrons. The number of alkyl halides is 3. The van der Waals surface area contributed by atoms with Gasteiger partial charge in [0, 0.05) is 38.3 Å². The van der Waals surface area contributed by atoms with Crippen LogP contribution in [-0.2, 0) is 10.9 Å². The average Bonchev–Trinajstić information content (AvgIpc) is 2.77. The number of carbonyl (C=O) groups excluding carboxylic acids is 1. The number of nitrogens with zero attached hydrogens (tertiary/aromatic N) is 3. The van der Waals surface area contributed by atoms with E-state index in [0.717, 1.165) is 23.9 Å². The van der Waals surface area contributed by atoms with Crippen LogP contribution in [0.3, 0.4) is 0 Å². The predicted molar refractivity (Wildman–Crippen MR) is 121 cm³/mol. The minimum absolute atomic E-state index is 0.0469. The van der Waals surface area contributed by atoms with Crippen LogP contribution in [0.2, 0.25) is 0 Å². The van der Waals surface area contributed by atoms with Gasteiger partial charge in [0.2, 0.25) is 5.88 Å². The zero-order valence-electron chi connectivity index (χ0n) is 19.4. The maximum absolute atomic E-state index is 13.4. The van der Waals surface area contributed by atoms with Gasteiger partial charge in [-0.3, -0.25) is 9.79 Å². The highest BCUT2D eigenvalue weighted by atomic mass is 19.4. The summed E-state index contributed by atoms with van der Waals surface area (Å²) in [5.74, 6) is 0.530. The molecule has 0 saturated heterocycles. The summed E-state index contributed by atoms with van der Waals surface area (Å²) in [4.78, 5) is 22.7. The molecule has 2 aromatic rings. The van der Waals surface area contributed by atoms with Gasteiger partial charge in [0.05, 0.1) is 17.2 Å². The summed E-state index contributed by atoms with van der Waals surface area (Å²) < 4.78 is 49.3. The highest BCUT2D eigenvalue weighted by molar-refractivity contribution is 6.00. The smallest absolute Gasteiger partial charge is 0.417 e. The molecule has 0 aliphatic heterocycles. The maximum Gasteiger partial charge on any atom is 0.417 e. The molecular formula is C24H28F3N3O3. The van der Waals surface area contributed by atoms with Crippen molar-refractivity contribution >= 4 is 17.6 Å². The van der Waals surface area contributed by atoms with Crippen molar-refractivity contribution in [3.8, 4) is 5.88 Å². The quantitative estimate of drug-likeness (QED) is 0.300. The van der Waals surface area contributed by atoms with E-state index in [1.165, 1.54) is 0 Å². The van der Waals surface area contributed by atoms with Gasteiger partial charge in [-0.15, -0.1) is 0 Å². The molecule has 1 atom stereocenters. The second kappa shape index (κ2) is 11.0. The fraction of sp³-hybridized carbons (Fsp3) is 0.375. The lowest BCUT2D eigenvalue weighted by molar-refractivity contribution is -0.137. The minimum atomic E-state index is -4.47. The molecule has 0 spiro atoms. The van der Waals surface area contributed by atoms with Gasteiger partial charge >= 0.3 is 6.18 Å². The second-order valence-electron chi connectivity index (χ2n) is 7.40. The van der Waals surface area contributed by atoms with E-state index in [4.69, 9.17) is 9.47 Å². The first-order chi connectivity index (χ1) is 15.5. The van der Waals surface area contributed by atoms with E-state index in [2.05, 4.69) is 16.6 Å².